The predicted octanol–water partition coefficient (Wildman–Crippen LogP) is 6.09. The van der Waals surface area contributed by atoms with Gasteiger partial charge in [0.2, 0.25) is 0 Å². The van der Waals surface area contributed by atoms with Gasteiger partial charge < -0.3 is 13.9 Å². The predicted molar refractivity (Wildman–Crippen MR) is 115 cm³/mol. The molecule has 4 rings (SSSR count). The Bertz CT molecular complexity index is 1040. The smallest absolute Gasteiger partial charge is 0.161 e. The van der Waals surface area contributed by atoms with Crippen molar-refractivity contribution < 1.29 is 13.9 Å². The molecule has 3 aromatic rings. The van der Waals surface area contributed by atoms with Crippen LogP contribution in [0.15, 0.2) is 51.9 Å². The Morgan fingerprint density at radius 1 is 0.893 bits per heavy atom. The standard InChI is InChI=1S/C21H17Cl2NO3.ClH/c1-25-19-10-12-7-8-24-21(14(12)11-20(19)26-2)18-6-5-17(27-18)13-3-4-15(22)16(23)9-13;/h3-6,9-11H,7-8H2,1-2H3;1H. The summed E-state index contributed by atoms with van der Waals surface area (Å²) >= 11 is 12.1. The van der Waals surface area contributed by atoms with E-state index in [4.69, 9.17) is 37.1 Å². The molecule has 0 amide bonds. The number of hydrogen-bond donors (Lipinski definition) is 0. The van der Waals surface area contributed by atoms with Gasteiger partial charge in [-0.15, -0.1) is 12.4 Å². The normalized spacial score (nSPS) is 12.6. The minimum atomic E-state index is 0. The highest BCUT2D eigenvalue weighted by Gasteiger charge is 2.22. The Balaban J connectivity index is 0.00000225. The minimum absolute atomic E-state index is 0. The van der Waals surface area contributed by atoms with Gasteiger partial charge in [0.1, 0.15) is 11.5 Å². The molecule has 0 fully saturated rings. The lowest BCUT2D eigenvalue weighted by molar-refractivity contribution is 0.354. The number of hydrogen-bond acceptors (Lipinski definition) is 4. The van der Waals surface area contributed by atoms with E-state index in [1.165, 1.54) is 0 Å². The molecule has 1 aromatic heterocycles. The van der Waals surface area contributed by atoms with Gasteiger partial charge in [0.25, 0.3) is 0 Å². The van der Waals surface area contributed by atoms with Gasteiger partial charge in [-0.05, 0) is 54.4 Å². The maximum absolute atomic E-state index is 6.13. The second-order valence-corrected chi connectivity index (χ2v) is 6.95. The maximum atomic E-state index is 6.13. The second-order valence-electron chi connectivity index (χ2n) is 6.14. The highest BCUT2D eigenvalue weighted by molar-refractivity contribution is 6.42. The van der Waals surface area contributed by atoms with Crippen molar-refractivity contribution in [3.05, 3.63) is 69.4 Å². The molecule has 4 nitrogen and oxygen atoms in total. The number of benzene rings is 2. The lowest BCUT2D eigenvalue weighted by Crippen LogP contribution is -2.14. The third-order valence-electron chi connectivity index (χ3n) is 4.56. The molecule has 1 aliphatic heterocycles. The Labute approximate surface area is 179 Å². The molecule has 0 aliphatic carbocycles. The molecule has 146 valence electrons. The Kier molecular flexibility index (Phi) is 6.23. The first-order valence-electron chi connectivity index (χ1n) is 8.46. The van der Waals surface area contributed by atoms with Gasteiger partial charge in [-0.1, -0.05) is 23.2 Å². The summed E-state index contributed by atoms with van der Waals surface area (Å²) in [5.41, 5.74) is 3.82. The van der Waals surface area contributed by atoms with E-state index in [1.54, 1.807) is 26.4 Å². The van der Waals surface area contributed by atoms with Gasteiger partial charge in [-0.25, -0.2) is 0 Å². The van der Waals surface area contributed by atoms with Crippen LogP contribution >= 0.6 is 35.6 Å². The highest BCUT2D eigenvalue weighted by atomic mass is 35.5. The molecule has 0 spiro atoms. The largest absolute Gasteiger partial charge is 0.493 e. The molecule has 0 radical (unpaired) electrons. The van der Waals surface area contributed by atoms with Crippen LogP contribution < -0.4 is 9.47 Å². The molecule has 0 bridgehead atoms. The molecular weight excluding hydrogens is 421 g/mol. The van der Waals surface area contributed by atoms with Crippen molar-refractivity contribution in [3.8, 4) is 22.8 Å². The highest BCUT2D eigenvalue weighted by Crippen LogP contribution is 2.35. The zero-order chi connectivity index (χ0) is 19.0. The van der Waals surface area contributed by atoms with E-state index in [0.29, 0.717) is 39.6 Å². The molecule has 28 heavy (non-hydrogen) atoms. The molecule has 2 heterocycles. The second kappa shape index (κ2) is 8.48. The van der Waals surface area contributed by atoms with Crippen molar-refractivity contribution in [1.29, 1.82) is 0 Å². The average molecular weight is 439 g/mol. The van der Waals surface area contributed by atoms with Crippen LogP contribution in [0, 0.1) is 0 Å². The van der Waals surface area contributed by atoms with Crippen molar-refractivity contribution in [2.45, 2.75) is 6.42 Å². The fraction of sp³-hybridized carbons (Fsp3) is 0.190. The summed E-state index contributed by atoms with van der Waals surface area (Å²) in [6.45, 7) is 0.695. The molecule has 0 N–H and O–H groups in total. The van der Waals surface area contributed by atoms with Crippen molar-refractivity contribution in [1.82, 2.24) is 0 Å². The lowest BCUT2D eigenvalue weighted by Gasteiger charge is -2.18. The number of fused-ring (bicyclic) bond motifs is 1. The molecule has 0 saturated heterocycles. The summed E-state index contributed by atoms with van der Waals surface area (Å²) in [6.07, 6.45) is 0.847. The number of aliphatic imine (C=N–C) groups is 1. The van der Waals surface area contributed by atoms with Crippen LogP contribution in [0.1, 0.15) is 16.9 Å². The van der Waals surface area contributed by atoms with Crippen LogP contribution in [0.25, 0.3) is 11.3 Å². The molecule has 0 saturated carbocycles. The first-order chi connectivity index (χ1) is 13.1. The van der Waals surface area contributed by atoms with E-state index < -0.39 is 0 Å². The number of halogens is 3. The summed E-state index contributed by atoms with van der Waals surface area (Å²) in [5.74, 6) is 2.79. The number of rotatable bonds is 4. The zero-order valence-electron chi connectivity index (χ0n) is 15.3. The van der Waals surface area contributed by atoms with E-state index in [1.807, 2.05) is 30.3 Å². The Morgan fingerprint density at radius 2 is 1.61 bits per heavy atom. The Morgan fingerprint density at radius 3 is 2.32 bits per heavy atom. The zero-order valence-corrected chi connectivity index (χ0v) is 17.6. The monoisotopic (exact) mass is 437 g/mol. The molecule has 7 heteroatoms. The molecule has 2 aromatic carbocycles. The fourth-order valence-corrected chi connectivity index (χ4v) is 3.50. The SMILES string of the molecule is COc1cc2c(cc1OC)C(c1ccc(-c3ccc(Cl)c(Cl)c3)o1)=NCC2.Cl. The van der Waals surface area contributed by atoms with Crippen LogP contribution in [0.5, 0.6) is 11.5 Å². The maximum Gasteiger partial charge on any atom is 0.161 e. The summed E-state index contributed by atoms with van der Waals surface area (Å²) in [4.78, 5) is 4.69. The fourth-order valence-electron chi connectivity index (χ4n) is 3.20. The van der Waals surface area contributed by atoms with Crippen LogP contribution in [0.4, 0.5) is 0 Å². The van der Waals surface area contributed by atoms with E-state index >= 15 is 0 Å². The molecule has 1 aliphatic rings. The molecular formula is C21H18Cl3NO3. The third-order valence-corrected chi connectivity index (χ3v) is 5.30. The van der Waals surface area contributed by atoms with E-state index in [2.05, 4.69) is 4.99 Å². The van der Waals surface area contributed by atoms with Gasteiger partial charge in [0.05, 0.1) is 24.3 Å². The van der Waals surface area contributed by atoms with Crippen LogP contribution in [0.2, 0.25) is 10.0 Å². The average Bonchev–Trinajstić information content (AvgIpc) is 3.18. The van der Waals surface area contributed by atoms with E-state index in [-0.39, 0.29) is 12.4 Å². The number of ether oxygens (including phenoxy) is 2. The van der Waals surface area contributed by atoms with Crippen molar-refractivity contribution in [2.75, 3.05) is 20.8 Å². The summed E-state index contributed by atoms with van der Waals surface area (Å²) in [5, 5.41) is 1.00. The lowest BCUT2D eigenvalue weighted by atomic mass is 9.95. The van der Waals surface area contributed by atoms with Crippen molar-refractivity contribution in [2.24, 2.45) is 4.99 Å². The minimum Gasteiger partial charge on any atom is -0.493 e. The number of nitrogens with zero attached hydrogens (tertiary/aromatic N) is 1. The summed E-state index contributed by atoms with van der Waals surface area (Å²) in [7, 11) is 3.26. The first-order valence-corrected chi connectivity index (χ1v) is 9.21. The topological polar surface area (TPSA) is 44.0 Å². The van der Waals surface area contributed by atoms with Gasteiger partial charge >= 0.3 is 0 Å². The number of methoxy groups -OCH3 is 2. The van der Waals surface area contributed by atoms with Gasteiger partial charge in [0, 0.05) is 17.7 Å². The van der Waals surface area contributed by atoms with Gasteiger partial charge in [-0.2, -0.15) is 0 Å². The van der Waals surface area contributed by atoms with Crippen LogP contribution in [0.3, 0.4) is 0 Å². The van der Waals surface area contributed by atoms with Crippen molar-refractivity contribution >= 4 is 41.3 Å². The van der Waals surface area contributed by atoms with Gasteiger partial charge in [-0.3, -0.25) is 4.99 Å². The molecule has 0 atom stereocenters. The van der Waals surface area contributed by atoms with Gasteiger partial charge in [0.15, 0.2) is 17.3 Å². The number of furan rings is 1. The molecule has 0 unspecified atom stereocenters. The Hall–Kier alpha value is -2.14. The summed E-state index contributed by atoms with van der Waals surface area (Å²) < 4.78 is 16.9. The quantitative estimate of drug-likeness (QED) is 0.495. The van der Waals surface area contributed by atoms with Crippen LogP contribution in [-0.4, -0.2) is 26.5 Å². The van der Waals surface area contributed by atoms with E-state index in [0.717, 1.165) is 28.8 Å². The van der Waals surface area contributed by atoms with Crippen molar-refractivity contribution in [3.63, 3.8) is 0 Å². The van der Waals surface area contributed by atoms with Crippen LogP contribution in [-0.2, 0) is 6.42 Å². The summed E-state index contributed by atoms with van der Waals surface area (Å²) in [6, 6.07) is 13.2. The van der Waals surface area contributed by atoms with E-state index in [9.17, 15) is 0 Å². The third kappa shape index (κ3) is 3.72. The first kappa shape index (κ1) is 20.6.